The maximum absolute atomic E-state index is 9.08. The van der Waals surface area contributed by atoms with Gasteiger partial charge in [0, 0.05) is 5.56 Å². The summed E-state index contributed by atoms with van der Waals surface area (Å²) in [6, 6.07) is 16.5. The van der Waals surface area contributed by atoms with E-state index in [1.54, 1.807) is 0 Å². The van der Waals surface area contributed by atoms with Gasteiger partial charge in [0.1, 0.15) is 0 Å². The highest BCUT2D eigenvalue weighted by molar-refractivity contribution is 5.81. The van der Waals surface area contributed by atoms with E-state index in [2.05, 4.69) is 30.3 Å². The Hall–Kier alpha value is -2.07. The van der Waals surface area contributed by atoms with Crippen molar-refractivity contribution in [3.05, 3.63) is 59.2 Å². The van der Waals surface area contributed by atoms with Crippen LogP contribution in [-0.4, -0.2) is 0 Å². The molecule has 0 radical (unpaired) electrons. The lowest BCUT2D eigenvalue weighted by atomic mass is 10.0. The van der Waals surface area contributed by atoms with Gasteiger partial charge in [-0.2, -0.15) is 5.26 Å². The Morgan fingerprint density at radius 3 is 2.60 bits per heavy atom. The molecule has 1 heteroatoms. The first-order valence-electron chi connectivity index (χ1n) is 5.00. The molecule has 0 saturated heterocycles. The monoisotopic (exact) mass is 191 g/mol. The van der Waals surface area contributed by atoms with Crippen molar-refractivity contribution in [1.82, 2.24) is 0 Å². The fraction of sp³-hybridized carbons (Fsp3) is 0.0714. The van der Waals surface area contributed by atoms with Crippen LogP contribution in [0, 0.1) is 11.3 Å². The second kappa shape index (κ2) is 2.96. The van der Waals surface area contributed by atoms with Crippen molar-refractivity contribution >= 4 is 0 Å². The van der Waals surface area contributed by atoms with E-state index in [-0.39, 0.29) is 0 Å². The summed E-state index contributed by atoms with van der Waals surface area (Å²) in [6.45, 7) is 0. The average Bonchev–Trinajstić information content (AvgIpc) is 2.67. The van der Waals surface area contributed by atoms with Crippen LogP contribution in [0.5, 0.6) is 0 Å². The van der Waals surface area contributed by atoms with E-state index in [0.717, 1.165) is 17.5 Å². The molecule has 15 heavy (non-hydrogen) atoms. The Bertz CT molecular complexity index is 576. The predicted molar refractivity (Wildman–Crippen MR) is 59.4 cm³/mol. The van der Waals surface area contributed by atoms with Crippen LogP contribution in [0.15, 0.2) is 42.5 Å². The summed E-state index contributed by atoms with van der Waals surface area (Å²) in [6.07, 6.45) is 0.959. The Labute approximate surface area is 88.6 Å². The van der Waals surface area contributed by atoms with E-state index in [1.165, 1.54) is 16.7 Å². The van der Waals surface area contributed by atoms with Crippen molar-refractivity contribution in [3.63, 3.8) is 0 Å². The van der Waals surface area contributed by atoms with Gasteiger partial charge in [-0.15, -0.1) is 0 Å². The molecule has 0 aromatic heterocycles. The zero-order chi connectivity index (χ0) is 10.3. The van der Waals surface area contributed by atoms with Crippen molar-refractivity contribution in [2.45, 2.75) is 6.42 Å². The molecule has 0 atom stereocenters. The highest BCUT2D eigenvalue weighted by atomic mass is 14.3. The molecule has 70 valence electrons. The smallest absolute Gasteiger partial charge is 0.0998 e. The molecule has 0 bridgehead atoms. The van der Waals surface area contributed by atoms with Crippen LogP contribution in [0.3, 0.4) is 0 Å². The van der Waals surface area contributed by atoms with Crippen molar-refractivity contribution < 1.29 is 0 Å². The third-order valence-electron chi connectivity index (χ3n) is 2.94. The normalized spacial score (nSPS) is 11.7. The first-order chi connectivity index (χ1) is 7.40. The predicted octanol–water partition coefficient (Wildman–Crippen LogP) is 3.13. The summed E-state index contributed by atoms with van der Waals surface area (Å²) in [4.78, 5) is 0. The molecule has 0 saturated carbocycles. The van der Waals surface area contributed by atoms with Gasteiger partial charge in [0.05, 0.1) is 11.6 Å². The van der Waals surface area contributed by atoms with Crippen LogP contribution in [-0.2, 0) is 6.42 Å². The van der Waals surface area contributed by atoms with Gasteiger partial charge in [-0.3, -0.25) is 0 Å². The fourth-order valence-electron chi connectivity index (χ4n) is 2.28. The van der Waals surface area contributed by atoms with Crippen LogP contribution < -0.4 is 0 Å². The Morgan fingerprint density at radius 1 is 0.933 bits per heavy atom. The van der Waals surface area contributed by atoms with Crippen molar-refractivity contribution in [2.24, 2.45) is 0 Å². The van der Waals surface area contributed by atoms with Crippen LogP contribution in [0.2, 0.25) is 0 Å². The van der Waals surface area contributed by atoms with Crippen LogP contribution >= 0.6 is 0 Å². The standard InChI is InChI=1S/C14H9N/c15-9-12-6-3-5-11-8-10-4-1-2-7-13(10)14(11)12/h1-7H,8H2. The molecule has 0 heterocycles. The number of nitrogens with zero attached hydrogens (tertiary/aromatic N) is 1. The van der Waals surface area contributed by atoms with Crippen molar-refractivity contribution in [1.29, 1.82) is 5.26 Å². The SMILES string of the molecule is N#Cc1cccc2c1-c1ccccc1C2. The summed E-state index contributed by atoms with van der Waals surface area (Å²) in [5, 5.41) is 9.08. The van der Waals surface area contributed by atoms with Crippen LogP contribution in [0.1, 0.15) is 16.7 Å². The van der Waals surface area contributed by atoms with Crippen molar-refractivity contribution in [3.8, 4) is 17.2 Å². The molecule has 1 aliphatic carbocycles. The quantitative estimate of drug-likeness (QED) is 0.535. The summed E-state index contributed by atoms with van der Waals surface area (Å²) in [5.41, 5.74) is 5.75. The first kappa shape index (κ1) is 8.26. The van der Waals surface area contributed by atoms with Gasteiger partial charge in [0.15, 0.2) is 0 Å². The minimum absolute atomic E-state index is 0.789. The van der Waals surface area contributed by atoms with Crippen molar-refractivity contribution in [2.75, 3.05) is 0 Å². The van der Waals surface area contributed by atoms with Crippen LogP contribution in [0.4, 0.5) is 0 Å². The van der Waals surface area contributed by atoms with Crippen LogP contribution in [0.25, 0.3) is 11.1 Å². The minimum atomic E-state index is 0.789. The maximum Gasteiger partial charge on any atom is 0.0998 e. The molecule has 1 nitrogen and oxygen atoms in total. The second-order valence-corrected chi connectivity index (χ2v) is 3.79. The number of rotatable bonds is 0. The zero-order valence-electron chi connectivity index (χ0n) is 8.20. The summed E-state index contributed by atoms with van der Waals surface area (Å²) in [7, 11) is 0. The van der Waals surface area contributed by atoms with E-state index >= 15 is 0 Å². The molecular weight excluding hydrogens is 182 g/mol. The molecule has 1 aliphatic rings. The van der Waals surface area contributed by atoms with E-state index in [9.17, 15) is 0 Å². The van der Waals surface area contributed by atoms with Gasteiger partial charge in [-0.1, -0.05) is 36.4 Å². The largest absolute Gasteiger partial charge is 0.192 e. The number of hydrogen-bond acceptors (Lipinski definition) is 1. The van der Waals surface area contributed by atoms with E-state index in [4.69, 9.17) is 5.26 Å². The van der Waals surface area contributed by atoms with Gasteiger partial charge < -0.3 is 0 Å². The third-order valence-corrected chi connectivity index (χ3v) is 2.94. The Balaban J connectivity index is 2.36. The third kappa shape index (κ3) is 1.08. The molecule has 3 rings (SSSR count). The fourth-order valence-corrected chi connectivity index (χ4v) is 2.28. The molecule has 0 N–H and O–H groups in total. The number of nitriles is 1. The minimum Gasteiger partial charge on any atom is -0.192 e. The molecule has 2 aromatic rings. The van der Waals surface area contributed by atoms with E-state index in [1.807, 2.05) is 18.2 Å². The molecule has 0 aliphatic heterocycles. The molecule has 2 aromatic carbocycles. The van der Waals surface area contributed by atoms with Gasteiger partial charge in [-0.25, -0.2) is 0 Å². The van der Waals surface area contributed by atoms with Gasteiger partial charge in [0.25, 0.3) is 0 Å². The highest BCUT2D eigenvalue weighted by Crippen LogP contribution is 2.38. The lowest BCUT2D eigenvalue weighted by Gasteiger charge is -2.02. The van der Waals surface area contributed by atoms with Gasteiger partial charge in [0.2, 0.25) is 0 Å². The topological polar surface area (TPSA) is 23.8 Å². The van der Waals surface area contributed by atoms with E-state index < -0.39 is 0 Å². The number of hydrogen-bond donors (Lipinski definition) is 0. The number of benzene rings is 2. The Kier molecular flexibility index (Phi) is 1.63. The lowest BCUT2D eigenvalue weighted by molar-refractivity contribution is 1.26. The zero-order valence-corrected chi connectivity index (χ0v) is 8.20. The highest BCUT2D eigenvalue weighted by Gasteiger charge is 2.20. The second-order valence-electron chi connectivity index (χ2n) is 3.79. The van der Waals surface area contributed by atoms with Gasteiger partial charge >= 0.3 is 0 Å². The maximum atomic E-state index is 9.08. The molecule has 0 fully saturated rings. The average molecular weight is 191 g/mol. The summed E-state index contributed by atoms with van der Waals surface area (Å²) in [5.74, 6) is 0. The summed E-state index contributed by atoms with van der Waals surface area (Å²) < 4.78 is 0. The first-order valence-corrected chi connectivity index (χ1v) is 5.00. The number of fused-ring (bicyclic) bond motifs is 3. The molecule has 0 amide bonds. The molecular formula is C14H9N. The summed E-state index contributed by atoms with van der Waals surface area (Å²) >= 11 is 0. The molecule has 0 unspecified atom stereocenters. The van der Waals surface area contributed by atoms with E-state index in [0.29, 0.717) is 0 Å². The lowest BCUT2D eigenvalue weighted by Crippen LogP contribution is -1.83. The Morgan fingerprint density at radius 2 is 1.73 bits per heavy atom. The molecule has 0 spiro atoms. The van der Waals surface area contributed by atoms with Gasteiger partial charge in [-0.05, 0) is 29.2 Å².